The van der Waals surface area contributed by atoms with Gasteiger partial charge in [-0.3, -0.25) is 9.59 Å². The molecule has 1 amide bonds. The molecule has 0 radical (unpaired) electrons. The van der Waals surface area contributed by atoms with Gasteiger partial charge in [0, 0.05) is 36.1 Å². The molecule has 2 atom stereocenters. The molecule has 6 heteroatoms. The number of aromatic nitrogens is 1. The average molecular weight is 378 g/mol. The number of benzene rings is 2. The van der Waals surface area contributed by atoms with Crippen molar-refractivity contribution in [1.82, 2.24) is 9.88 Å². The first-order valence-corrected chi connectivity index (χ1v) is 9.26. The van der Waals surface area contributed by atoms with E-state index in [4.69, 9.17) is 4.74 Å². The van der Waals surface area contributed by atoms with Crippen molar-refractivity contribution >= 4 is 22.8 Å². The van der Waals surface area contributed by atoms with Gasteiger partial charge in [0.2, 0.25) is 5.91 Å². The van der Waals surface area contributed by atoms with Crippen LogP contribution in [0.3, 0.4) is 0 Å². The van der Waals surface area contributed by atoms with E-state index in [0.717, 1.165) is 27.8 Å². The van der Waals surface area contributed by atoms with Gasteiger partial charge in [-0.25, -0.2) is 0 Å². The summed E-state index contributed by atoms with van der Waals surface area (Å²) < 4.78 is 5.28. The fourth-order valence-electron chi connectivity index (χ4n) is 4.00. The molecular formula is C22H22N2O4. The standard InChI is InChI=1S/C22H22N2O4/c1-28-16-7-8-20-17(10-16)15(11-23-20)9-21(25)24-12-18(19(13-24)22(26)27)14-5-3-2-4-6-14/h2-8,10-11,18-19,23H,9,12-13H2,1H3,(H,26,27). The van der Waals surface area contributed by atoms with Gasteiger partial charge in [-0.2, -0.15) is 0 Å². The van der Waals surface area contributed by atoms with Crippen LogP contribution in [0.15, 0.2) is 54.7 Å². The second-order valence-electron chi connectivity index (χ2n) is 7.16. The molecule has 3 aromatic rings. The van der Waals surface area contributed by atoms with Crippen LogP contribution in [0.25, 0.3) is 10.9 Å². The topological polar surface area (TPSA) is 82.6 Å². The van der Waals surface area contributed by atoms with Crippen LogP contribution in [0.4, 0.5) is 0 Å². The molecule has 2 N–H and O–H groups in total. The van der Waals surface area contributed by atoms with Gasteiger partial charge in [-0.05, 0) is 29.3 Å². The lowest BCUT2D eigenvalue weighted by molar-refractivity contribution is -0.141. The Bertz CT molecular complexity index is 1010. The average Bonchev–Trinajstić information content (AvgIpc) is 3.33. The molecule has 0 saturated carbocycles. The van der Waals surface area contributed by atoms with E-state index >= 15 is 0 Å². The number of methoxy groups -OCH3 is 1. The minimum Gasteiger partial charge on any atom is -0.497 e. The first-order chi connectivity index (χ1) is 13.6. The lowest BCUT2D eigenvalue weighted by Gasteiger charge is -2.16. The molecule has 28 heavy (non-hydrogen) atoms. The van der Waals surface area contributed by atoms with Gasteiger partial charge in [0.05, 0.1) is 19.4 Å². The molecule has 2 heterocycles. The number of carboxylic acids is 1. The van der Waals surface area contributed by atoms with E-state index in [1.807, 2.05) is 54.7 Å². The fraction of sp³-hybridized carbons (Fsp3) is 0.273. The van der Waals surface area contributed by atoms with Crippen LogP contribution in [0.5, 0.6) is 5.75 Å². The van der Waals surface area contributed by atoms with Crippen molar-refractivity contribution in [3.63, 3.8) is 0 Å². The predicted octanol–water partition coefficient (Wildman–Crippen LogP) is 3.05. The quantitative estimate of drug-likeness (QED) is 0.715. The Morgan fingerprint density at radius 2 is 1.96 bits per heavy atom. The normalized spacial score (nSPS) is 19.1. The van der Waals surface area contributed by atoms with Crippen LogP contribution in [-0.4, -0.2) is 47.1 Å². The lowest BCUT2D eigenvalue weighted by atomic mass is 9.89. The van der Waals surface area contributed by atoms with E-state index in [2.05, 4.69) is 4.98 Å². The highest BCUT2D eigenvalue weighted by Crippen LogP contribution is 2.33. The van der Waals surface area contributed by atoms with Crippen LogP contribution in [-0.2, 0) is 16.0 Å². The van der Waals surface area contributed by atoms with Crippen molar-refractivity contribution in [2.45, 2.75) is 12.3 Å². The second kappa shape index (κ2) is 7.38. The number of fused-ring (bicyclic) bond motifs is 1. The predicted molar refractivity (Wildman–Crippen MR) is 105 cm³/mol. The third-order valence-electron chi connectivity index (χ3n) is 5.53. The molecular weight excluding hydrogens is 356 g/mol. The number of nitrogens with zero attached hydrogens (tertiary/aromatic N) is 1. The third-order valence-corrected chi connectivity index (χ3v) is 5.53. The van der Waals surface area contributed by atoms with E-state index in [9.17, 15) is 14.7 Å². The lowest BCUT2D eigenvalue weighted by Crippen LogP contribution is -2.31. The van der Waals surface area contributed by atoms with Crippen molar-refractivity contribution in [3.05, 3.63) is 65.9 Å². The highest BCUT2D eigenvalue weighted by atomic mass is 16.5. The Hall–Kier alpha value is -3.28. The summed E-state index contributed by atoms with van der Waals surface area (Å²) in [5, 5.41) is 10.6. The maximum Gasteiger partial charge on any atom is 0.308 e. The molecule has 6 nitrogen and oxygen atoms in total. The molecule has 0 bridgehead atoms. The summed E-state index contributed by atoms with van der Waals surface area (Å²) in [7, 11) is 1.61. The van der Waals surface area contributed by atoms with Crippen LogP contribution >= 0.6 is 0 Å². The van der Waals surface area contributed by atoms with Crippen LogP contribution < -0.4 is 4.74 Å². The Morgan fingerprint density at radius 1 is 1.18 bits per heavy atom. The fourth-order valence-corrected chi connectivity index (χ4v) is 4.00. The van der Waals surface area contributed by atoms with Gasteiger partial charge < -0.3 is 19.7 Å². The molecule has 2 unspecified atom stereocenters. The highest BCUT2D eigenvalue weighted by molar-refractivity contribution is 5.90. The molecule has 0 aliphatic carbocycles. The first kappa shape index (κ1) is 18.1. The number of carbonyl (C=O) groups excluding carboxylic acids is 1. The van der Waals surface area contributed by atoms with E-state index in [1.165, 1.54) is 0 Å². The molecule has 1 aliphatic rings. The second-order valence-corrected chi connectivity index (χ2v) is 7.16. The Morgan fingerprint density at radius 3 is 2.68 bits per heavy atom. The molecule has 1 aromatic heterocycles. The van der Waals surface area contributed by atoms with E-state index in [-0.39, 0.29) is 24.8 Å². The number of likely N-dealkylation sites (tertiary alicyclic amines) is 1. The summed E-state index contributed by atoms with van der Waals surface area (Å²) in [6.45, 7) is 0.658. The van der Waals surface area contributed by atoms with E-state index < -0.39 is 11.9 Å². The molecule has 144 valence electrons. The molecule has 0 spiro atoms. The number of amides is 1. The minimum atomic E-state index is -0.860. The van der Waals surface area contributed by atoms with Gasteiger partial charge in [0.15, 0.2) is 0 Å². The van der Waals surface area contributed by atoms with E-state index in [1.54, 1.807) is 12.0 Å². The van der Waals surface area contributed by atoms with Gasteiger partial charge in [-0.15, -0.1) is 0 Å². The zero-order valence-corrected chi connectivity index (χ0v) is 15.6. The Kier molecular flexibility index (Phi) is 4.77. The summed E-state index contributed by atoms with van der Waals surface area (Å²) in [4.78, 5) is 29.6. The first-order valence-electron chi connectivity index (χ1n) is 9.26. The zero-order valence-electron chi connectivity index (χ0n) is 15.6. The highest BCUT2D eigenvalue weighted by Gasteiger charge is 2.40. The number of hydrogen-bond acceptors (Lipinski definition) is 3. The van der Waals surface area contributed by atoms with Crippen LogP contribution in [0.1, 0.15) is 17.0 Å². The number of hydrogen-bond donors (Lipinski definition) is 2. The number of H-pyrrole nitrogens is 1. The zero-order chi connectivity index (χ0) is 19.7. The Balaban J connectivity index is 1.55. The monoisotopic (exact) mass is 378 g/mol. The number of rotatable bonds is 5. The van der Waals surface area contributed by atoms with Gasteiger partial charge in [0.25, 0.3) is 0 Å². The maximum absolute atomic E-state index is 12.9. The molecule has 1 fully saturated rings. The maximum atomic E-state index is 12.9. The molecule has 1 aliphatic heterocycles. The summed E-state index contributed by atoms with van der Waals surface area (Å²) in [6, 6.07) is 15.3. The van der Waals surface area contributed by atoms with Crippen LogP contribution in [0, 0.1) is 5.92 Å². The molecule has 1 saturated heterocycles. The minimum absolute atomic E-state index is 0.0617. The van der Waals surface area contributed by atoms with Crippen molar-refractivity contribution < 1.29 is 19.4 Å². The number of carboxylic acid groups (broad SMARTS) is 1. The van der Waals surface area contributed by atoms with Crippen LogP contribution in [0.2, 0.25) is 0 Å². The number of aromatic amines is 1. The summed E-state index contributed by atoms with van der Waals surface area (Å²) in [5.74, 6) is -0.966. The SMILES string of the molecule is COc1ccc2[nH]cc(CC(=O)N3CC(C(=O)O)C(c4ccccc4)C3)c2c1. The third kappa shape index (κ3) is 3.33. The van der Waals surface area contributed by atoms with Crippen molar-refractivity contribution in [2.75, 3.05) is 20.2 Å². The summed E-state index contributed by atoms with van der Waals surface area (Å²) in [5.41, 5.74) is 2.78. The van der Waals surface area contributed by atoms with Gasteiger partial charge in [0.1, 0.15) is 5.75 Å². The van der Waals surface area contributed by atoms with Crippen molar-refractivity contribution in [3.8, 4) is 5.75 Å². The largest absolute Gasteiger partial charge is 0.497 e. The van der Waals surface area contributed by atoms with Crippen molar-refractivity contribution in [2.24, 2.45) is 5.92 Å². The summed E-state index contributed by atoms with van der Waals surface area (Å²) in [6.07, 6.45) is 2.06. The van der Waals surface area contributed by atoms with Crippen molar-refractivity contribution in [1.29, 1.82) is 0 Å². The molecule has 4 rings (SSSR count). The van der Waals surface area contributed by atoms with E-state index in [0.29, 0.717) is 6.54 Å². The van der Waals surface area contributed by atoms with Gasteiger partial charge >= 0.3 is 5.97 Å². The molecule has 2 aromatic carbocycles. The number of ether oxygens (including phenoxy) is 1. The number of nitrogens with one attached hydrogen (secondary N) is 1. The summed E-state index contributed by atoms with van der Waals surface area (Å²) >= 11 is 0. The number of aliphatic carboxylic acids is 1. The Labute approximate surface area is 162 Å². The number of carbonyl (C=O) groups is 2. The smallest absolute Gasteiger partial charge is 0.308 e. The van der Waals surface area contributed by atoms with Gasteiger partial charge in [-0.1, -0.05) is 30.3 Å².